The second-order valence-electron chi connectivity index (χ2n) is 19.5. The second-order valence-corrected chi connectivity index (χ2v) is 19.5. The summed E-state index contributed by atoms with van der Waals surface area (Å²) in [6, 6.07) is 30.0. The Morgan fingerprint density at radius 3 is 1.19 bits per heavy atom. The fourth-order valence-electron chi connectivity index (χ4n) is 11.1. The fraction of sp³-hybridized carbons (Fsp3) is 0.200. The van der Waals surface area contributed by atoms with Crippen molar-refractivity contribution in [3.05, 3.63) is 233 Å². The lowest BCUT2D eigenvalue weighted by Gasteiger charge is -2.19. The van der Waals surface area contributed by atoms with E-state index in [1.54, 1.807) is 18.2 Å². The van der Waals surface area contributed by atoms with Crippen molar-refractivity contribution in [1.29, 1.82) is 0 Å². The number of nitrogens with one attached hydrogen (secondary N) is 2. The SMILES string of the molecule is Cc1cc2c(cc1-c1ccc(F)cc1F)C1OC2c2cc(C(=O)NCc3c(C)cc(N)nc3C)ccc21.Cc1cc2c(cc1-c1ccc(F)cc1F)C1OC2c2ccc(C(=O)NCc3c(C)cc(N)nc3C)cc21. The minimum absolute atomic E-state index is 0.181. The Balaban J connectivity index is 0.000000159. The van der Waals surface area contributed by atoms with Crippen molar-refractivity contribution < 1.29 is 36.6 Å². The van der Waals surface area contributed by atoms with Crippen LogP contribution in [0.1, 0.15) is 134 Å². The molecule has 0 radical (unpaired) electrons. The number of benzene rings is 6. The molecule has 0 saturated heterocycles. The molecule has 0 fully saturated rings. The van der Waals surface area contributed by atoms with Crippen molar-refractivity contribution in [2.45, 2.75) is 79.0 Å². The molecule has 4 unspecified atom stereocenters. The molecular formula is C60H50F4N6O4. The quantitative estimate of drug-likeness (QED) is 0.110. The number of ether oxygens (including phenoxy) is 2. The van der Waals surface area contributed by atoms with Gasteiger partial charge in [-0.1, -0.05) is 24.3 Å². The molecule has 0 spiro atoms. The number of nitrogens with zero attached hydrogens (tertiary/aromatic N) is 2. The summed E-state index contributed by atoms with van der Waals surface area (Å²) < 4.78 is 68.7. The van der Waals surface area contributed by atoms with Crippen molar-refractivity contribution >= 4 is 23.5 Å². The predicted molar refractivity (Wildman–Crippen MR) is 274 cm³/mol. The summed E-state index contributed by atoms with van der Waals surface area (Å²) in [5, 5.41) is 5.98. The average Bonchev–Trinajstić information content (AvgIpc) is 4.14. The Labute approximate surface area is 424 Å². The van der Waals surface area contributed by atoms with E-state index in [0.29, 0.717) is 58.1 Å². The summed E-state index contributed by atoms with van der Waals surface area (Å²) in [5.41, 5.74) is 29.9. The van der Waals surface area contributed by atoms with E-state index in [9.17, 15) is 27.2 Å². The number of rotatable bonds is 8. The largest absolute Gasteiger partial charge is 0.384 e. The summed E-state index contributed by atoms with van der Waals surface area (Å²) in [7, 11) is 0. The van der Waals surface area contributed by atoms with Crippen LogP contribution < -0.4 is 22.1 Å². The van der Waals surface area contributed by atoms with Gasteiger partial charge in [0.2, 0.25) is 0 Å². The molecule has 4 aliphatic rings. The number of nitrogens with two attached hydrogens (primary N) is 2. The number of carbonyl (C=O) groups is 2. The molecule has 4 atom stereocenters. The number of anilines is 2. The van der Waals surface area contributed by atoms with Gasteiger partial charge in [0.1, 0.15) is 59.3 Å². The van der Waals surface area contributed by atoms with Gasteiger partial charge in [0.05, 0.1) is 0 Å². The van der Waals surface area contributed by atoms with Crippen LogP contribution >= 0.6 is 0 Å². The van der Waals surface area contributed by atoms with Crippen LogP contribution in [-0.4, -0.2) is 21.8 Å². The molecule has 6 heterocycles. The summed E-state index contributed by atoms with van der Waals surface area (Å²) in [4.78, 5) is 34.6. The molecule has 12 rings (SSSR count). The number of fused-ring (bicyclic) bond motifs is 16. The van der Waals surface area contributed by atoms with Crippen LogP contribution in [0.3, 0.4) is 0 Å². The maximum Gasteiger partial charge on any atom is 0.251 e. The molecule has 4 bridgehead atoms. The van der Waals surface area contributed by atoms with Crippen molar-refractivity contribution in [3.63, 3.8) is 0 Å². The second kappa shape index (κ2) is 18.4. The van der Waals surface area contributed by atoms with Crippen molar-refractivity contribution in [3.8, 4) is 22.3 Å². The third kappa shape index (κ3) is 8.33. The summed E-state index contributed by atoms with van der Waals surface area (Å²) in [6.45, 7) is 12.2. The summed E-state index contributed by atoms with van der Waals surface area (Å²) in [5.74, 6) is -1.87. The molecule has 14 heteroatoms. The van der Waals surface area contributed by atoms with E-state index >= 15 is 0 Å². The van der Waals surface area contributed by atoms with Crippen molar-refractivity contribution in [2.75, 3.05) is 11.5 Å². The van der Waals surface area contributed by atoms with E-state index in [0.717, 1.165) is 101 Å². The Morgan fingerprint density at radius 2 is 0.811 bits per heavy atom. The minimum atomic E-state index is -0.611. The number of nitrogen functional groups attached to an aromatic ring is 2. The van der Waals surface area contributed by atoms with Crippen LogP contribution in [0.2, 0.25) is 0 Å². The first-order chi connectivity index (χ1) is 35.4. The molecule has 4 aliphatic heterocycles. The monoisotopic (exact) mass is 994 g/mol. The molecule has 0 saturated carbocycles. The first-order valence-electron chi connectivity index (χ1n) is 24.2. The number of carbonyl (C=O) groups excluding carboxylic acids is 2. The van der Waals surface area contributed by atoms with E-state index in [-0.39, 0.29) is 36.2 Å². The number of halogens is 4. The van der Waals surface area contributed by atoms with Crippen LogP contribution in [0, 0.1) is 64.8 Å². The predicted octanol–water partition coefficient (Wildman–Crippen LogP) is 12.0. The highest BCUT2D eigenvalue weighted by molar-refractivity contribution is 5.95. The average molecular weight is 995 g/mol. The van der Waals surface area contributed by atoms with E-state index in [2.05, 4.69) is 20.6 Å². The Morgan fingerprint density at radius 1 is 0.446 bits per heavy atom. The summed E-state index contributed by atoms with van der Waals surface area (Å²) >= 11 is 0. The van der Waals surface area contributed by atoms with Crippen LogP contribution in [0.5, 0.6) is 0 Å². The van der Waals surface area contributed by atoms with Crippen molar-refractivity contribution in [2.24, 2.45) is 0 Å². The lowest BCUT2D eigenvalue weighted by atomic mass is 9.82. The van der Waals surface area contributed by atoms with Gasteiger partial charge >= 0.3 is 0 Å². The number of aryl methyl sites for hydroxylation is 6. The topological polar surface area (TPSA) is 154 Å². The molecule has 74 heavy (non-hydrogen) atoms. The third-order valence-electron chi connectivity index (χ3n) is 14.8. The van der Waals surface area contributed by atoms with Gasteiger partial charge in [0.15, 0.2) is 0 Å². The van der Waals surface area contributed by atoms with Gasteiger partial charge in [0.25, 0.3) is 11.8 Å². The molecular weight excluding hydrogens is 945 g/mol. The summed E-state index contributed by atoms with van der Waals surface area (Å²) in [6.07, 6.45) is -1.17. The maximum absolute atomic E-state index is 14.6. The molecule has 6 aromatic carbocycles. The number of pyridine rings is 2. The first-order valence-corrected chi connectivity index (χ1v) is 24.2. The van der Waals surface area contributed by atoms with Gasteiger partial charge in [-0.2, -0.15) is 0 Å². The van der Waals surface area contributed by atoms with E-state index in [1.807, 2.05) is 96.1 Å². The molecule has 6 N–H and O–H groups in total. The molecule has 372 valence electrons. The highest BCUT2D eigenvalue weighted by Gasteiger charge is 2.45. The van der Waals surface area contributed by atoms with Gasteiger partial charge in [-0.15, -0.1) is 0 Å². The van der Waals surface area contributed by atoms with Crippen LogP contribution in [0.15, 0.2) is 109 Å². The molecule has 0 aliphatic carbocycles. The Bertz CT molecular complexity index is 3660. The first kappa shape index (κ1) is 48.1. The van der Waals surface area contributed by atoms with Gasteiger partial charge in [-0.05, 0) is 203 Å². The highest BCUT2D eigenvalue weighted by atomic mass is 19.1. The number of hydrogen-bond acceptors (Lipinski definition) is 8. The number of aromatic nitrogens is 2. The standard InChI is InChI=1S/2C30H25F2N3O2/c1-14-8-22-24(12-21(14)19-7-5-18(31)11-26(19)32)28-20-6-4-17(10-23(20)29(22)37-28)30(36)34-13-25-15(2)9-27(33)35-16(25)3;1-14-8-22-24(12-21(14)19-7-5-18(31)11-26(19)32)29-23-10-17(4-6-20(23)28(22)37-29)30(36)34-13-25-15(2)9-27(33)35-16(25)3/h2*4-12,28-29H,13H2,1-3H3,(H2,33,35)(H,34,36). The van der Waals surface area contributed by atoms with Gasteiger partial charge in [0, 0.05) is 58.9 Å². The fourth-order valence-corrected chi connectivity index (χ4v) is 11.1. The lowest BCUT2D eigenvalue weighted by molar-refractivity contribution is 0.0855. The highest BCUT2D eigenvalue weighted by Crippen LogP contribution is 2.57. The third-order valence-corrected chi connectivity index (χ3v) is 14.8. The zero-order chi connectivity index (χ0) is 52.0. The number of amides is 2. The molecule has 8 aromatic rings. The normalized spacial score (nSPS) is 17.0. The molecule has 10 nitrogen and oxygen atoms in total. The number of hydrogen-bond donors (Lipinski definition) is 4. The molecule has 2 amide bonds. The smallest absolute Gasteiger partial charge is 0.251 e. The Kier molecular flexibility index (Phi) is 11.9. The van der Waals surface area contributed by atoms with E-state index in [4.69, 9.17) is 20.9 Å². The van der Waals surface area contributed by atoms with Crippen molar-refractivity contribution in [1.82, 2.24) is 20.6 Å². The Hall–Kier alpha value is -8.20. The zero-order valence-corrected chi connectivity index (χ0v) is 41.3. The molecule has 2 aromatic heterocycles. The van der Waals surface area contributed by atoms with Gasteiger partial charge in [-0.25, -0.2) is 27.5 Å². The zero-order valence-electron chi connectivity index (χ0n) is 41.3. The van der Waals surface area contributed by atoms with Crippen LogP contribution in [-0.2, 0) is 22.6 Å². The van der Waals surface area contributed by atoms with Gasteiger partial charge < -0.3 is 31.6 Å². The van der Waals surface area contributed by atoms with Crippen LogP contribution in [0.25, 0.3) is 22.3 Å². The van der Waals surface area contributed by atoms with E-state index in [1.165, 1.54) is 24.3 Å². The van der Waals surface area contributed by atoms with E-state index < -0.39 is 23.3 Å². The van der Waals surface area contributed by atoms with Crippen LogP contribution in [0.4, 0.5) is 29.2 Å². The maximum atomic E-state index is 14.6. The lowest BCUT2D eigenvalue weighted by Crippen LogP contribution is -2.24. The van der Waals surface area contributed by atoms with Gasteiger partial charge in [-0.3, -0.25) is 9.59 Å². The minimum Gasteiger partial charge on any atom is -0.384 e.